The van der Waals surface area contributed by atoms with Gasteiger partial charge in [-0.1, -0.05) is 0 Å². The summed E-state index contributed by atoms with van der Waals surface area (Å²) in [6, 6.07) is 3.50. The van der Waals surface area contributed by atoms with Crippen molar-refractivity contribution < 1.29 is 9.13 Å². The van der Waals surface area contributed by atoms with Crippen molar-refractivity contribution in [1.29, 1.82) is 0 Å². The average Bonchev–Trinajstić information content (AvgIpc) is 2.33. The molecule has 1 aromatic rings. The van der Waals surface area contributed by atoms with Crippen molar-refractivity contribution in [3.63, 3.8) is 0 Å². The van der Waals surface area contributed by atoms with Crippen LogP contribution in [0.25, 0.3) is 0 Å². The molecule has 106 valence electrons. The molecular weight excluding hydrogens is 263 g/mol. The Balaban J connectivity index is 2.33. The van der Waals surface area contributed by atoms with Crippen molar-refractivity contribution in [3.05, 3.63) is 17.9 Å². The van der Waals surface area contributed by atoms with Gasteiger partial charge in [-0.15, -0.1) is 0 Å². The van der Waals surface area contributed by atoms with Gasteiger partial charge in [-0.05, 0) is 20.8 Å². The first-order chi connectivity index (χ1) is 8.99. The van der Waals surface area contributed by atoms with Crippen LogP contribution in [0.4, 0.5) is 15.8 Å². The molecule has 0 bridgehead atoms. The third-order valence-electron chi connectivity index (χ3n) is 3.12. The van der Waals surface area contributed by atoms with E-state index in [0.717, 1.165) is 23.7 Å². The Bertz CT molecular complexity index is 453. The second-order valence-corrected chi connectivity index (χ2v) is 6.28. The predicted molar refractivity (Wildman–Crippen MR) is 80.7 cm³/mol. The molecule has 5 heteroatoms. The lowest BCUT2D eigenvalue weighted by Crippen LogP contribution is -2.40. The fourth-order valence-electron chi connectivity index (χ4n) is 2.24. The lowest BCUT2D eigenvalue weighted by molar-refractivity contribution is 0.231. The van der Waals surface area contributed by atoms with E-state index in [9.17, 15) is 4.39 Å². The summed E-state index contributed by atoms with van der Waals surface area (Å²) in [6.45, 7) is 6.87. The van der Waals surface area contributed by atoms with E-state index in [4.69, 9.17) is 10.5 Å². The third kappa shape index (κ3) is 3.26. The van der Waals surface area contributed by atoms with Crippen LogP contribution in [-0.4, -0.2) is 30.2 Å². The lowest BCUT2D eigenvalue weighted by Gasteiger charge is -2.36. The van der Waals surface area contributed by atoms with E-state index in [2.05, 4.69) is 11.8 Å². The first kappa shape index (κ1) is 14.3. The summed E-state index contributed by atoms with van der Waals surface area (Å²) in [4.78, 5) is 2.23. The van der Waals surface area contributed by atoms with E-state index < -0.39 is 5.82 Å². The van der Waals surface area contributed by atoms with Crippen LogP contribution in [-0.2, 0) is 0 Å². The molecular formula is C14H21FN2OS. The van der Waals surface area contributed by atoms with Gasteiger partial charge in [0.15, 0.2) is 11.6 Å². The number of hydrogen-bond donors (Lipinski definition) is 1. The fraction of sp³-hybridized carbons (Fsp3) is 0.571. The Labute approximate surface area is 118 Å². The van der Waals surface area contributed by atoms with Crippen LogP contribution in [0.1, 0.15) is 20.8 Å². The number of thioether (sulfide) groups is 1. The molecule has 0 aromatic heterocycles. The molecule has 1 aliphatic rings. The molecule has 1 aliphatic heterocycles. The van der Waals surface area contributed by atoms with Crippen molar-refractivity contribution in [2.24, 2.45) is 0 Å². The number of halogens is 1. The first-order valence-corrected chi connectivity index (χ1v) is 7.74. The van der Waals surface area contributed by atoms with Gasteiger partial charge in [-0.3, -0.25) is 0 Å². The van der Waals surface area contributed by atoms with E-state index in [0.29, 0.717) is 11.7 Å². The quantitative estimate of drug-likeness (QED) is 0.866. The minimum atomic E-state index is -0.394. The Morgan fingerprint density at radius 1 is 1.47 bits per heavy atom. The van der Waals surface area contributed by atoms with Crippen molar-refractivity contribution in [1.82, 2.24) is 0 Å². The highest BCUT2D eigenvalue weighted by molar-refractivity contribution is 7.99. The predicted octanol–water partition coefficient (Wildman–Crippen LogP) is 3.14. The highest BCUT2D eigenvalue weighted by Crippen LogP contribution is 2.34. The van der Waals surface area contributed by atoms with Crippen LogP contribution in [0.5, 0.6) is 5.75 Å². The smallest absolute Gasteiger partial charge is 0.167 e. The van der Waals surface area contributed by atoms with Gasteiger partial charge < -0.3 is 15.4 Å². The topological polar surface area (TPSA) is 38.5 Å². The molecule has 0 aliphatic carbocycles. The number of anilines is 2. The van der Waals surface area contributed by atoms with Gasteiger partial charge in [0.1, 0.15) is 0 Å². The second kappa shape index (κ2) is 5.90. The van der Waals surface area contributed by atoms with Crippen LogP contribution in [0.15, 0.2) is 12.1 Å². The Hall–Kier alpha value is -1.10. The van der Waals surface area contributed by atoms with Gasteiger partial charge in [0.05, 0.1) is 17.5 Å². The summed E-state index contributed by atoms with van der Waals surface area (Å²) in [5, 5.41) is 0. The molecule has 2 N–H and O–H groups in total. The van der Waals surface area contributed by atoms with Crippen LogP contribution < -0.4 is 15.4 Å². The molecule has 19 heavy (non-hydrogen) atoms. The van der Waals surface area contributed by atoms with Gasteiger partial charge in [-0.2, -0.15) is 11.8 Å². The number of hydrogen-bond acceptors (Lipinski definition) is 4. The SMILES string of the molecule is CC(C)Oc1cc(N2CCSCC2C)c(N)cc1F. The highest BCUT2D eigenvalue weighted by atomic mass is 32.2. The first-order valence-electron chi connectivity index (χ1n) is 6.59. The Kier molecular flexibility index (Phi) is 4.45. The van der Waals surface area contributed by atoms with Crippen LogP contribution in [0.3, 0.4) is 0 Å². The Morgan fingerprint density at radius 2 is 2.21 bits per heavy atom. The maximum atomic E-state index is 13.8. The molecule has 1 heterocycles. The largest absolute Gasteiger partial charge is 0.488 e. The molecule has 0 radical (unpaired) electrons. The number of benzene rings is 1. The van der Waals surface area contributed by atoms with Crippen molar-refractivity contribution in [3.8, 4) is 5.75 Å². The molecule has 1 aromatic carbocycles. The van der Waals surface area contributed by atoms with Gasteiger partial charge >= 0.3 is 0 Å². The van der Waals surface area contributed by atoms with Gasteiger partial charge in [-0.25, -0.2) is 4.39 Å². The summed E-state index contributed by atoms with van der Waals surface area (Å²) < 4.78 is 19.3. The van der Waals surface area contributed by atoms with Crippen molar-refractivity contribution in [2.75, 3.05) is 28.7 Å². The molecule has 1 fully saturated rings. The van der Waals surface area contributed by atoms with E-state index >= 15 is 0 Å². The van der Waals surface area contributed by atoms with E-state index in [1.807, 2.05) is 25.6 Å². The number of nitrogen functional groups attached to an aromatic ring is 1. The molecule has 0 spiro atoms. The third-order valence-corrected chi connectivity index (χ3v) is 4.31. The maximum absolute atomic E-state index is 13.8. The average molecular weight is 284 g/mol. The zero-order valence-corrected chi connectivity index (χ0v) is 12.5. The summed E-state index contributed by atoms with van der Waals surface area (Å²) >= 11 is 1.94. The minimum absolute atomic E-state index is 0.0553. The van der Waals surface area contributed by atoms with E-state index in [1.165, 1.54) is 6.07 Å². The number of ether oxygens (including phenoxy) is 1. The van der Waals surface area contributed by atoms with E-state index in [-0.39, 0.29) is 11.9 Å². The van der Waals surface area contributed by atoms with Gasteiger partial charge in [0.25, 0.3) is 0 Å². The molecule has 1 unspecified atom stereocenters. The Morgan fingerprint density at radius 3 is 2.84 bits per heavy atom. The monoisotopic (exact) mass is 284 g/mol. The maximum Gasteiger partial charge on any atom is 0.167 e. The van der Waals surface area contributed by atoms with Gasteiger partial charge in [0, 0.05) is 36.2 Å². The zero-order chi connectivity index (χ0) is 14.0. The van der Waals surface area contributed by atoms with E-state index in [1.54, 1.807) is 6.07 Å². The molecule has 3 nitrogen and oxygen atoms in total. The minimum Gasteiger partial charge on any atom is -0.488 e. The molecule has 1 atom stereocenters. The van der Waals surface area contributed by atoms with Crippen molar-refractivity contribution >= 4 is 23.1 Å². The highest BCUT2D eigenvalue weighted by Gasteiger charge is 2.22. The summed E-state index contributed by atoms with van der Waals surface area (Å²) in [6.07, 6.45) is -0.0553. The van der Waals surface area contributed by atoms with Crippen LogP contribution >= 0.6 is 11.8 Å². The lowest BCUT2D eigenvalue weighted by atomic mass is 10.2. The molecule has 0 amide bonds. The summed E-state index contributed by atoms with van der Waals surface area (Å²) in [7, 11) is 0. The molecule has 0 saturated carbocycles. The standard InChI is InChI=1S/C14H21FN2OS/c1-9(2)18-14-7-13(12(16)6-11(14)15)17-4-5-19-8-10(17)3/h6-7,9-10H,4-5,8,16H2,1-3H3. The summed E-state index contributed by atoms with van der Waals surface area (Å²) in [5.41, 5.74) is 7.33. The molecule has 1 saturated heterocycles. The second-order valence-electron chi connectivity index (χ2n) is 5.13. The van der Waals surface area contributed by atoms with Gasteiger partial charge in [0.2, 0.25) is 0 Å². The molecule has 2 rings (SSSR count). The summed E-state index contributed by atoms with van der Waals surface area (Å²) in [5.74, 6) is 2.03. The zero-order valence-electron chi connectivity index (χ0n) is 11.6. The van der Waals surface area contributed by atoms with Crippen LogP contribution in [0, 0.1) is 5.82 Å². The number of nitrogens with zero attached hydrogens (tertiary/aromatic N) is 1. The van der Waals surface area contributed by atoms with Crippen molar-refractivity contribution in [2.45, 2.75) is 32.9 Å². The fourth-order valence-corrected chi connectivity index (χ4v) is 3.25. The number of rotatable bonds is 3. The number of nitrogens with two attached hydrogens (primary N) is 1. The van der Waals surface area contributed by atoms with Crippen LogP contribution in [0.2, 0.25) is 0 Å². The normalized spacial score (nSPS) is 19.8.